The van der Waals surface area contributed by atoms with Crippen molar-refractivity contribution < 1.29 is 5.11 Å². The van der Waals surface area contributed by atoms with E-state index in [1.165, 1.54) is 6.42 Å². The van der Waals surface area contributed by atoms with E-state index < -0.39 is 0 Å². The lowest BCUT2D eigenvalue weighted by atomic mass is 10.2. The molecule has 0 aliphatic carbocycles. The molecule has 1 fully saturated rings. The van der Waals surface area contributed by atoms with Crippen molar-refractivity contribution >= 4 is 5.65 Å². The van der Waals surface area contributed by atoms with Crippen LogP contribution in [-0.2, 0) is 0 Å². The number of hydrogen-bond donors (Lipinski definition) is 2. The van der Waals surface area contributed by atoms with Crippen LogP contribution >= 0.6 is 0 Å². The van der Waals surface area contributed by atoms with Crippen LogP contribution in [0.25, 0.3) is 5.65 Å². The molecule has 1 saturated heterocycles. The minimum atomic E-state index is 0.238. The Balaban J connectivity index is 2.09. The standard InChI is InChI=1S/C11H13N3O/c15-10-4-2-6-14-7-9(13-11(10)14)8-3-1-5-12-8/h2,4,6-8,12,15H,1,3,5H2. The smallest absolute Gasteiger partial charge is 0.179 e. The zero-order valence-corrected chi connectivity index (χ0v) is 8.35. The summed E-state index contributed by atoms with van der Waals surface area (Å²) in [6.07, 6.45) is 6.22. The number of fused-ring (bicyclic) bond motifs is 1. The summed E-state index contributed by atoms with van der Waals surface area (Å²) in [7, 11) is 0. The molecule has 4 heteroatoms. The quantitative estimate of drug-likeness (QED) is 0.737. The van der Waals surface area contributed by atoms with Gasteiger partial charge in [0.25, 0.3) is 0 Å². The lowest BCUT2D eigenvalue weighted by Crippen LogP contribution is -2.12. The fraction of sp³-hybridized carbons (Fsp3) is 0.364. The third-order valence-corrected chi connectivity index (χ3v) is 2.90. The van der Waals surface area contributed by atoms with Gasteiger partial charge in [-0.15, -0.1) is 0 Å². The molecule has 3 rings (SSSR count). The van der Waals surface area contributed by atoms with Gasteiger partial charge in [-0.3, -0.25) is 0 Å². The van der Waals surface area contributed by atoms with Gasteiger partial charge in [-0.25, -0.2) is 4.98 Å². The Morgan fingerprint density at radius 3 is 3.20 bits per heavy atom. The van der Waals surface area contributed by atoms with Crippen molar-refractivity contribution in [3.63, 3.8) is 0 Å². The molecule has 0 amide bonds. The maximum Gasteiger partial charge on any atom is 0.179 e. The van der Waals surface area contributed by atoms with Gasteiger partial charge in [0, 0.05) is 12.4 Å². The van der Waals surface area contributed by atoms with E-state index in [2.05, 4.69) is 10.3 Å². The largest absolute Gasteiger partial charge is 0.504 e. The van der Waals surface area contributed by atoms with E-state index in [0.717, 1.165) is 18.7 Å². The minimum Gasteiger partial charge on any atom is -0.504 e. The number of aromatic nitrogens is 2. The Bertz CT molecular complexity index is 486. The third kappa shape index (κ3) is 1.37. The summed E-state index contributed by atoms with van der Waals surface area (Å²) >= 11 is 0. The molecule has 4 nitrogen and oxygen atoms in total. The van der Waals surface area contributed by atoms with E-state index in [1.807, 2.05) is 22.9 Å². The van der Waals surface area contributed by atoms with Crippen molar-refractivity contribution in [3.8, 4) is 5.75 Å². The van der Waals surface area contributed by atoms with Crippen molar-refractivity contribution in [1.29, 1.82) is 0 Å². The number of nitrogens with one attached hydrogen (secondary N) is 1. The monoisotopic (exact) mass is 203 g/mol. The zero-order chi connectivity index (χ0) is 10.3. The van der Waals surface area contributed by atoms with Crippen LogP contribution in [0.15, 0.2) is 24.5 Å². The first-order valence-corrected chi connectivity index (χ1v) is 5.24. The van der Waals surface area contributed by atoms with Crippen LogP contribution in [0.5, 0.6) is 5.75 Å². The highest BCUT2D eigenvalue weighted by molar-refractivity contribution is 5.53. The van der Waals surface area contributed by atoms with Gasteiger partial charge in [0.1, 0.15) is 0 Å². The van der Waals surface area contributed by atoms with Crippen molar-refractivity contribution in [3.05, 3.63) is 30.2 Å². The molecule has 0 aromatic carbocycles. The Morgan fingerprint density at radius 1 is 1.53 bits per heavy atom. The number of aromatic hydroxyl groups is 1. The lowest BCUT2D eigenvalue weighted by Gasteiger charge is -2.04. The van der Waals surface area contributed by atoms with Crippen molar-refractivity contribution in [2.75, 3.05) is 6.54 Å². The Morgan fingerprint density at radius 2 is 2.47 bits per heavy atom. The van der Waals surface area contributed by atoms with Gasteiger partial charge in [-0.2, -0.15) is 0 Å². The summed E-state index contributed by atoms with van der Waals surface area (Å²) in [6, 6.07) is 3.83. The highest BCUT2D eigenvalue weighted by Gasteiger charge is 2.19. The molecule has 3 heterocycles. The molecule has 0 spiro atoms. The van der Waals surface area contributed by atoms with Crippen molar-refractivity contribution in [1.82, 2.24) is 14.7 Å². The van der Waals surface area contributed by atoms with Crippen molar-refractivity contribution in [2.24, 2.45) is 0 Å². The maximum absolute atomic E-state index is 9.62. The second-order valence-electron chi connectivity index (χ2n) is 3.94. The van der Waals surface area contributed by atoms with E-state index >= 15 is 0 Å². The molecule has 1 atom stereocenters. The fourth-order valence-electron chi connectivity index (χ4n) is 2.12. The maximum atomic E-state index is 9.62. The first-order chi connectivity index (χ1) is 7.34. The summed E-state index contributed by atoms with van der Waals surface area (Å²) in [6.45, 7) is 1.06. The zero-order valence-electron chi connectivity index (χ0n) is 8.35. The summed E-state index contributed by atoms with van der Waals surface area (Å²) in [5, 5.41) is 13.0. The molecule has 2 N–H and O–H groups in total. The van der Waals surface area contributed by atoms with Crippen LogP contribution in [0.1, 0.15) is 24.6 Å². The molecule has 0 saturated carbocycles. The van der Waals surface area contributed by atoms with Gasteiger partial charge in [0.15, 0.2) is 11.4 Å². The minimum absolute atomic E-state index is 0.238. The molecule has 78 valence electrons. The first kappa shape index (κ1) is 8.73. The van der Waals surface area contributed by atoms with Crippen LogP contribution in [0.2, 0.25) is 0 Å². The summed E-state index contributed by atoms with van der Waals surface area (Å²) in [5.74, 6) is 0.238. The number of nitrogens with zero attached hydrogens (tertiary/aromatic N) is 2. The second-order valence-corrected chi connectivity index (χ2v) is 3.94. The average Bonchev–Trinajstić information content (AvgIpc) is 2.86. The predicted octanol–water partition coefficient (Wildman–Crippen LogP) is 1.46. The fourth-order valence-corrected chi connectivity index (χ4v) is 2.12. The molecule has 2 aromatic heterocycles. The Hall–Kier alpha value is -1.55. The molecule has 15 heavy (non-hydrogen) atoms. The van der Waals surface area contributed by atoms with E-state index in [-0.39, 0.29) is 5.75 Å². The van der Waals surface area contributed by atoms with Crippen LogP contribution in [0.3, 0.4) is 0 Å². The molecule has 2 aromatic rings. The number of rotatable bonds is 1. The van der Waals surface area contributed by atoms with E-state index in [0.29, 0.717) is 11.7 Å². The topological polar surface area (TPSA) is 49.6 Å². The number of imidazole rings is 1. The van der Waals surface area contributed by atoms with Gasteiger partial charge in [0.05, 0.1) is 11.7 Å². The van der Waals surface area contributed by atoms with Gasteiger partial charge < -0.3 is 14.8 Å². The average molecular weight is 203 g/mol. The van der Waals surface area contributed by atoms with Gasteiger partial charge in [-0.1, -0.05) is 0 Å². The van der Waals surface area contributed by atoms with Gasteiger partial charge in [0.2, 0.25) is 0 Å². The molecule has 0 radical (unpaired) electrons. The van der Waals surface area contributed by atoms with Crippen LogP contribution in [0.4, 0.5) is 0 Å². The van der Waals surface area contributed by atoms with Crippen molar-refractivity contribution in [2.45, 2.75) is 18.9 Å². The Kier molecular flexibility index (Phi) is 1.89. The summed E-state index contributed by atoms with van der Waals surface area (Å²) < 4.78 is 1.87. The van der Waals surface area contributed by atoms with Crippen LogP contribution in [-0.4, -0.2) is 21.0 Å². The summed E-state index contributed by atoms with van der Waals surface area (Å²) in [5.41, 5.74) is 1.66. The number of pyridine rings is 1. The van der Waals surface area contributed by atoms with E-state index in [1.54, 1.807) is 6.07 Å². The molecular weight excluding hydrogens is 190 g/mol. The van der Waals surface area contributed by atoms with Crippen LogP contribution in [0, 0.1) is 0 Å². The second kappa shape index (κ2) is 3.24. The normalized spacial score (nSPS) is 21.2. The highest BCUT2D eigenvalue weighted by Crippen LogP contribution is 2.25. The van der Waals surface area contributed by atoms with Gasteiger partial charge >= 0.3 is 0 Å². The predicted molar refractivity (Wildman–Crippen MR) is 56.8 cm³/mol. The molecule has 1 unspecified atom stereocenters. The van der Waals surface area contributed by atoms with Crippen LogP contribution < -0.4 is 5.32 Å². The highest BCUT2D eigenvalue weighted by atomic mass is 16.3. The number of hydrogen-bond acceptors (Lipinski definition) is 3. The van der Waals surface area contributed by atoms with Gasteiger partial charge in [-0.05, 0) is 31.5 Å². The molecular formula is C11H13N3O. The summed E-state index contributed by atoms with van der Waals surface area (Å²) in [4.78, 5) is 4.44. The molecule has 1 aliphatic heterocycles. The molecule has 1 aliphatic rings. The lowest BCUT2D eigenvalue weighted by molar-refractivity contribution is 0.477. The molecule has 0 bridgehead atoms. The Labute approximate surface area is 87.6 Å². The third-order valence-electron chi connectivity index (χ3n) is 2.90. The van der Waals surface area contributed by atoms with E-state index in [4.69, 9.17) is 0 Å². The SMILES string of the molecule is Oc1cccn2cc(C3CCCN3)nc12. The van der Waals surface area contributed by atoms with E-state index in [9.17, 15) is 5.11 Å². The first-order valence-electron chi connectivity index (χ1n) is 5.24.